The summed E-state index contributed by atoms with van der Waals surface area (Å²) in [6, 6.07) is 7.80. The molecular weight excluding hydrogens is 509 g/mol. The topological polar surface area (TPSA) is 48.0 Å². The van der Waals surface area contributed by atoms with E-state index in [2.05, 4.69) is 56.5 Å². The average molecular weight is 550 g/mol. The largest absolute Gasteiger partial charge is 0.497 e. The molecule has 1 amide bonds. The number of rotatable bonds is 9. The van der Waals surface area contributed by atoms with Crippen LogP contribution in [0.15, 0.2) is 24.3 Å². The Labute approximate surface area is 198 Å². The lowest BCUT2D eigenvalue weighted by Crippen LogP contribution is -2.48. The first-order valence-corrected chi connectivity index (χ1v) is 15.0. The molecule has 0 spiro atoms. The zero-order valence-electron chi connectivity index (χ0n) is 20.2. The van der Waals surface area contributed by atoms with Crippen LogP contribution in [-0.4, -0.2) is 49.1 Å². The van der Waals surface area contributed by atoms with Crippen molar-refractivity contribution in [3.8, 4) is 5.75 Å². The molecule has 0 N–H and O–H groups in total. The van der Waals surface area contributed by atoms with Crippen molar-refractivity contribution in [2.24, 2.45) is 0 Å². The smallest absolute Gasteiger partial charge is 0.410 e. The zero-order valence-corrected chi connectivity index (χ0v) is 23.3. The summed E-state index contributed by atoms with van der Waals surface area (Å²) in [6.45, 7) is 17.9. The van der Waals surface area contributed by atoms with Crippen molar-refractivity contribution < 1.29 is 18.7 Å². The molecule has 0 aliphatic heterocycles. The lowest BCUT2D eigenvalue weighted by atomic mass is 10.2. The van der Waals surface area contributed by atoms with Crippen LogP contribution in [0.25, 0.3) is 0 Å². The van der Waals surface area contributed by atoms with Crippen LogP contribution in [0.4, 0.5) is 4.79 Å². The number of ether oxygens (including phenoxy) is 2. The molecule has 0 aliphatic carbocycles. The van der Waals surface area contributed by atoms with Crippen LogP contribution in [0.2, 0.25) is 18.1 Å². The molecule has 1 rings (SSSR count). The minimum Gasteiger partial charge on any atom is -0.497 e. The van der Waals surface area contributed by atoms with E-state index in [1.807, 2.05) is 45.0 Å². The lowest BCUT2D eigenvalue weighted by molar-refractivity contribution is 0.0136. The van der Waals surface area contributed by atoms with Crippen molar-refractivity contribution in [3.05, 3.63) is 29.8 Å². The molecule has 0 unspecified atom stereocenters. The molecule has 0 aliphatic rings. The summed E-state index contributed by atoms with van der Waals surface area (Å²) >= 11 is 2.38. The number of alkyl halides is 1. The second kappa shape index (κ2) is 11.2. The molecule has 5 nitrogen and oxygen atoms in total. The van der Waals surface area contributed by atoms with Gasteiger partial charge in [-0.05, 0) is 63.0 Å². The quantitative estimate of drug-likeness (QED) is 0.197. The van der Waals surface area contributed by atoms with Crippen LogP contribution in [0.1, 0.15) is 53.5 Å². The molecule has 0 fully saturated rings. The van der Waals surface area contributed by atoms with E-state index in [4.69, 9.17) is 13.9 Å². The monoisotopic (exact) mass is 549 g/mol. The lowest BCUT2D eigenvalue weighted by Gasteiger charge is -2.40. The van der Waals surface area contributed by atoms with E-state index in [9.17, 15) is 4.79 Å². The first-order valence-electron chi connectivity index (χ1n) is 10.5. The molecule has 0 bridgehead atoms. The Balaban J connectivity index is 3.08. The second-order valence-corrected chi connectivity index (χ2v) is 16.0. The van der Waals surface area contributed by atoms with E-state index in [1.54, 1.807) is 12.0 Å². The summed E-state index contributed by atoms with van der Waals surface area (Å²) in [4.78, 5) is 14.8. The van der Waals surface area contributed by atoms with Gasteiger partial charge in [0.15, 0.2) is 8.32 Å². The van der Waals surface area contributed by atoms with Crippen molar-refractivity contribution in [2.45, 2.75) is 84.3 Å². The highest BCUT2D eigenvalue weighted by molar-refractivity contribution is 14.1. The van der Waals surface area contributed by atoms with Gasteiger partial charge in [-0.25, -0.2) is 4.79 Å². The molecule has 7 heteroatoms. The fraction of sp³-hybridized carbons (Fsp3) is 0.696. The Kier molecular flexibility index (Phi) is 10.1. The van der Waals surface area contributed by atoms with Gasteiger partial charge in [0, 0.05) is 17.5 Å². The molecule has 0 saturated carbocycles. The van der Waals surface area contributed by atoms with Crippen molar-refractivity contribution in [2.75, 3.05) is 18.1 Å². The Morgan fingerprint density at radius 1 is 1.10 bits per heavy atom. The number of methoxy groups -OCH3 is 1. The van der Waals surface area contributed by atoms with Crippen molar-refractivity contribution in [1.82, 2.24) is 4.90 Å². The normalized spacial score (nSPS) is 13.7. The fourth-order valence-corrected chi connectivity index (χ4v) is 4.70. The van der Waals surface area contributed by atoms with Gasteiger partial charge in [-0.15, -0.1) is 0 Å². The molecule has 0 heterocycles. The summed E-state index contributed by atoms with van der Waals surface area (Å²) < 4.78 is 18.6. The molecule has 0 radical (unpaired) electrons. The van der Waals surface area contributed by atoms with E-state index in [-0.39, 0.29) is 17.2 Å². The van der Waals surface area contributed by atoms with Crippen molar-refractivity contribution >= 4 is 37.0 Å². The third-order valence-electron chi connectivity index (χ3n) is 5.31. The Morgan fingerprint density at radius 2 is 1.67 bits per heavy atom. The second-order valence-electron chi connectivity index (χ2n) is 10.2. The van der Waals surface area contributed by atoms with Gasteiger partial charge in [-0.2, -0.15) is 0 Å². The Hall–Kier alpha value is -0.803. The fourth-order valence-electron chi connectivity index (χ4n) is 2.63. The Bertz CT molecular complexity index is 665. The highest BCUT2D eigenvalue weighted by Gasteiger charge is 2.39. The van der Waals surface area contributed by atoms with Crippen molar-refractivity contribution in [1.29, 1.82) is 0 Å². The SMILES string of the molecule is COc1ccc(CN(C[C@@H](CCI)O[Si](C)(C)C(C)(C)C)C(=O)OC(C)(C)C)cc1. The van der Waals surface area contributed by atoms with Crippen LogP contribution < -0.4 is 4.74 Å². The predicted octanol–water partition coefficient (Wildman–Crippen LogP) is 6.65. The number of carbonyl (C=O) groups is 1. The number of carbonyl (C=O) groups excluding carboxylic acids is 1. The van der Waals surface area contributed by atoms with Gasteiger partial charge in [0.05, 0.1) is 13.2 Å². The third-order valence-corrected chi connectivity index (χ3v) is 10.5. The van der Waals surface area contributed by atoms with E-state index in [1.165, 1.54) is 0 Å². The molecule has 1 atom stereocenters. The van der Waals surface area contributed by atoms with Crippen molar-refractivity contribution in [3.63, 3.8) is 0 Å². The highest BCUT2D eigenvalue weighted by Crippen LogP contribution is 2.38. The summed E-state index contributed by atoms with van der Waals surface area (Å²) in [5, 5.41) is 0.114. The van der Waals surface area contributed by atoms with Crippen LogP contribution in [0.5, 0.6) is 5.75 Å². The molecule has 30 heavy (non-hydrogen) atoms. The summed E-state index contributed by atoms with van der Waals surface area (Å²) in [5.41, 5.74) is 0.482. The third kappa shape index (κ3) is 9.14. The number of halogens is 1. The first-order chi connectivity index (χ1) is 13.7. The first kappa shape index (κ1) is 27.2. The molecule has 1 aromatic carbocycles. The molecule has 1 aromatic rings. The van der Waals surface area contributed by atoms with Crippen LogP contribution in [0.3, 0.4) is 0 Å². The number of amides is 1. The van der Waals surface area contributed by atoms with Gasteiger partial charge in [0.25, 0.3) is 0 Å². The molecule has 172 valence electrons. The number of hydrogen-bond donors (Lipinski definition) is 0. The van der Waals surface area contributed by atoms with Gasteiger partial charge in [0.1, 0.15) is 11.4 Å². The standard InChI is InChI=1S/C23H40INO4Si/c1-22(2,3)28-21(26)25(16-18-10-12-19(27-7)13-11-18)17-20(14-15-24)29-30(8,9)23(4,5)6/h10-13,20H,14-17H2,1-9H3/t20-/m1/s1. The van der Waals surface area contributed by atoms with Crippen LogP contribution in [-0.2, 0) is 15.7 Å². The molecule has 0 aromatic heterocycles. The predicted molar refractivity (Wildman–Crippen MR) is 135 cm³/mol. The Morgan fingerprint density at radius 3 is 2.10 bits per heavy atom. The van der Waals surface area contributed by atoms with Crippen LogP contribution >= 0.6 is 22.6 Å². The number of hydrogen-bond acceptors (Lipinski definition) is 4. The maximum absolute atomic E-state index is 13.0. The average Bonchev–Trinajstić information content (AvgIpc) is 2.59. The highest BCUT2D eigenvalue weighted by atomic mass is 127. The minimum absolute atomic E-state index is 0.0199. The molecule has 0 saturated heterocycles. The van der Waals surface area contributed by atoms with E-state index >= 15 is 0 Å². The summed E-state index contributed by atoms with van der Waals surface area (Å²) in [6.07, 6.45) is 0.568. The van der Waals surface area contributed by atoms with Gasteiger partial charge in [-0.3, -0.25) is 0 Å². The van der Waals surface area contributed by atoms with Gasteiger partial charge < -0.3 is 18.8 Å². The number of nitrogens with zero attached hydrogens (tertiary/aromatic N) is 1. The minimum atomic E-state index is -1.96. The van der Waals surface area contributed by atoms with Gasteiger partial charge >= 0.3 is 6.09 Å². The van der Waals surface area contributed by atoms with E-state index in [0.29, 0.717) is 13.1 Å². The summed E-state index contributed by atoms with van der Waals surface area (Å²) in [5.74, 6) is 0.798. The van der Waals surface area contributed by atoms with Crippen LogP contribution in [0, 0.1) is 0 Å². The zero-order chi connectivity index (χ0) is 23.2. The maximum atomic E-state index is 13.0. The number of benzene rings is 1. The van der Waals surface area contributed by atoms with Gasteiger partial charge in [0.2, 0.25) is 0 Å². The molecular formula is C23H40INO4Si. The van der Waals surface area contributed by atoms with Gasteiger partial charge in [-0.1, -0.05) is 55.5 Å². The van der Waals surface area contributed by atoms with E-state index in [0.717, 1.165) is 22.2 Å². The summed E-state index contributed by atoms with van der Waals surface area (Å²) in [7, 11) is -0.309. The van der Waals surface area contributed by atoms with E-state index < -0.39 is 13.9 Å². The maximum Gasteiger partial charge on any atom is 0.410 e.